The highest BCUT2D eigenvalue weighted by Gasteiger charge is 2.22. The molecule has 0 amide bonds. The highest BCUT2D eigenvalue weighted by atomic mass is 16.5. The van der Waals surface area contributed by atoms with Gasteiger partial charge in [-0.05, 0) is 24.5 Å². The van der Waals surface area contributed by atoms with Crippen molar-refractivity contribution in [3.8, 4) is 5.75 Å². The van der Waals surface area contributed by atoms with Gasteiger partial charge in [-0.25, -0.2) is 4.99 Å². The largest absolute Gasteiger partial charge is 0.493 e. The van der Waals surface area contributed by atoms with E-state index in [1.165, 1.54) is 5.56 Å². The van der Waals surface area contributed by atoms with Gasteiger partial charge in [0.15, 0.2) is 11.8 Å². The number of aromatic nitrogens is 3. The van der Waals surface area contributed by atoms with Gasteiger partial charge in [0.25, 0.3) is 0 Å². The van der Waals surface area contributed by atoms with Gasteiger partial charge in [0.2, 0.25) is 0 Å². The zero-order chi connectivity index (χ0) is 21.6. The maximum Gasteiger partial charge on any atom is 0.192 e. The van der Waals surface area contributed by atoms with E-state index in [1.54, 1.807) is 0 Å². The summed E-state index contributed by atoms with van der Waals surface area (Å²) in [5.74, 6) is 3.77. The maximum absolute atomic E-state index is 5.82. The molecule has 0 aliphatic carbocycles. The zero-order valence-electron chi connectivity index (χ0n) is 18.4. The Kier molecular flexibility index (Phi) is 6.50. The van der Waals surface area contributed by atoms with Crippen LogP contribution in [0.5, 0.6) is 5.75 Å². The van der Waals surface area contributed by atoms with Crippen LogP contribution in [0.4, 0.5) is 0 Å². The summed E-state index contributed by atoms with van der Waals surface area (Å²) < 4.78 is 7.79. The van der Waals surface area contributed by atoms with Crippen LogP contribution in [-0.2, 0) is 13.6 Å². The molecule has 4 rings (SSSR count). The number of aliphatic imine (C=N–C) groups is 1. The molecule has 0 fully saturated rings. The molecule has 1 aromatic heterocycles. The highest BCUT2D eigenvalue weighted by molar-refractivity contribution is 5.80. The standard InChI is InChI=1S/C24H30N6O/c1-17(19-9-5-4-6-10-19)15-25-24(26-16-23-29-28-18(2)30(23)3)27-21-13-14-31-22-12-8-7-11-20(21)22/h4-12,17,21H,13-16H2,1-3H3,(H2,25,26,27). The Labute approximate surface area is 183 Å². The summed E-state index contributed by atoms with van der Waals surface area (Å²) in [6.45, 7) is 6.08. The van der Waals surface area contributed by atoms with Crippen molar-refractivity contribution in [1.29, 1.82) is 0 Å². The topological polar surface area (TPSA) is 76.4 Å². The molecule has 162 valence electrons. The molecule has 3 aromatic rings. The Balaban J connectivity index is 1.51. The summed E-state index contributed by atoms with van der Waals surface area (Å²) in [4.78, 5) is 4.83. The molecule has 7 heteroatoms. The van der Waals surface area contributed by atoms with Gasteiger partial charge in [-0.15, -0.1) is 10.2 Å². The maximum atomic E-state index is 5.82. The van der Waals surface area contributed by atoms with E-state index in [9.17, 15) is 0 Å². The van der Waals surface area contributed by atoms with Crippen molar-refractivity contribution in [2.24, 2.45) is 12.0 Å². The predicted octanol–water partition coefficient (Wildman–Crippen LogP) is 3.49. The third-order valence-electron chi connectivity index (χ3n) is 5.78. The lowest BCUT2D eigenvalue weighted by Gasteiger charge is -2.28. The SMILES string of the molecule is Cc1nnc(CN=C(NCC(C)c2ccccc2)NC2CCOc3ccccc32)n1C. The van der Waals surface area contributed by atoms with Crippen LogP contribution in [0.1, 0.15) is 48.1 Å². The van der Waals surface area contributed by atoms with Crippen molar-refractivity contribution in [3.63, 3.8) is 0 Å². The molecule has 2 heterocycles. The van der Waals surface area contributed by atoms with Crippen LogP contribution in [-0.4, -0.2) is 33.9 Å². The lowest BCUT2D eigenvalue weighted by atomic mass is 10.0. The average molecular weight is 419 g/mol. The number of para-hydroxylation sites is 1. The molecule has 2 N–H and O–H groups in total. The van der Waals surface area contributed by atoms with Gasteiger partial charge >= 0.3 is 0 Å². The van der Waals surface area contributed by atoms with Crippen molar-refractivity contribution < 1.29 is 4.74 Å². The molecule has 7 nitrogen and oxygen atoms in total. The fourth-order valence-electron chi connectivity index (χ4n) is 3.70. The first kappa shape index (κ1) is 20.9. The van der Waals surface area contributed by atoms with Gasteiger partial charge < -0.3 is 19.9 Å². The van der Waals surface area contributed by atoms with Gasteiger partial charge in [0.1, 0.15) is 18.1 Å². The number of hydrogen-bond acceptors (Lipinski definition) is 4. The van der Waals surface area contributed by atoms with Crippen LogP contribution in [0.25, 0.3) is 0 Å². The first-order valence-electron chi connectivity index (χ1n) is 10.8. The summed E-state index contributed by atoms with van der Waals surface area (Å²) >= 11 is 0. The summed E-state index contributed by atoms with van der Waals surface area (Å²) in [5.41, 5.74) is 2.46. The monoisotopic (exact) mass is 418 g/mol. The minimum absolute atomic E-state index is 0.143. The van der Waals surface area contributed by atoms with E-state index < -0.39 is 0 Å². The molecule has 2 aromatic carbocycles. The Bertz CT molecular complexity index is 1030. The number of nitrogens with one attached hydrogen (secondary N) is 2. The first-order valence-corrected chi connectivity index (χ1v) is 10.8. The van der Waals surface area contributed by atoms with E-state index in [-0.39, 0.29) is 6.04 Å². The Hall–Kier alpha value is -3.35. The van der Waals surface area contributed by atoms with Gasteiger partial charge in [-0.3, -0.25) is 0 Å². The summed E-state index contributed by atoms with van der Waals surface area (Å²) in [6.07, 6.45) is 0.884. The first-order chi connectivity index (χ1) is 15.1. The van der Waals surface area contributed by atoms with Crippen LogP contribution in [0, 0.1) is 6.92 Å². The van der Waals surface area contributed by atoms with E-state index in [1.807, 2.05) is 42.8 Å². The Morgan fingerprint density at radius 2 is 1.94 bits per heavy atom. The molecule has 0 radical (unpaired) electrons. The van der Waals surface area contributed by atoms with E-state index in [0.29, 0.717) is 19.1 Å². The van der Waals surface area contributed by atoms with Crippen LogP contribution >= 0.6 is 0 Å². The summed E-state index contributed by atoms with van der Waals surface area (Å²) in [5, 5.41) is 15.5. The number of aryl methyl sites for hydroxylation is 1. The molecule has 31 heavy (non-hydrogen) atoms. The lowest BCUT2D eigenvalue weighted by Crippen LogP contribution is -2.42. The Morgan fingerprint density at radius 1 is 1.16 bits per heavy atom. The predicted molar refractivity (Wildman–Crippen MR) is 122 cm³/mol. The number of benzene rings is 2. The fourth-order valence-corrected chi connectivity index (χ4v) is 3.70. The van der Waals surface area contributed by atoms with Crippen LogP contribution in [0.15, 0.2) is 59.6 Å². The number of hydrogen-bond donors (Lipinski definition) is 2. The normalized spacial score (nSPS) is 16.9. The molecule has 1 aliphatic heterocycles. The van der Waals surface area contributed by atoms with E-state index >= 15 is 0 Å². The third-order valence-corrected chi connectivity index (χ3v) is 5.78. The molecule has 0 saturated heterocycles. The number of rotatable bonds is 6. The summed E-state index contributed by atoms with van der Waals surface area (Å²) in [6, 6.07) is 18.9. The van der Waals surface area contributed by atoms with Gasteiger partial charge in [-0.2, -0.15) is 0 Å². The summed E-state index contributed by atoms with van der Waals surface area (Å²) in [7, 11) is 1.97. The van der Waals surface area contributed by atoms with Gasteiger partial charge in [0.05, 0.1) is 12.6 Å². The smallest absolute Gasteiger partial charge is 0.192 e. The molecule has 2 atom stereocenters. The van der Waals surface area contributed by atoms with Crippen LogP contribution < -0.4 is 15.4 Å². The van der Waals surface area contributed by atoms with Gasteiger partial charge in [-0.1, -0.05) is 55.5 Å². The van der Waals surface area contributed by atoms with E-state index in [4.69, 9.17) is 9.73 Å². The lowest BCUT2D eigenvalue weighted by molar-refractivity contribution is 0.261. The second-order valence-electron chi connectivity index (χ2n) is 7.95. The molecule has 1 aliphatic rings. The second kappa shape index (κ2) is 9.64. The fraction of sp³-hybridized carbons (Fsp3) is 0.375. The minimum atomic E-state index is 0.143. The van der Waals surface area contributed by atoms with Crippen molar-refractivity contribution >= 4 is 5.96 Å². The number of guanidine groups is 1. The van der Waals surface area contributed by atoms with Crippen LogP contribution in [0.2, 0.25) is 0 Å². The van der Waals surface area contributed by atoms with Gasteiger partial charge in [0, 0.05) is 25.6 Å². The average Bonchev–Trinajstić information content (AvgIpc) is 3.13. The third kappa shape index (κ3) is 5.05. The zero-order valence-corrected chi connectivity index (χ0v) is 18.4. The molecular weight excluding hydrogens is 388 g/mol. The number of nitrogens with zero attached hydrogens (tertiary/aromatic N) is 4. The minimum Gasteiger partial charge on any atom is -0.493 e. The molecule has 0 saturated carbocycles. The van der Waals surface area contributed by atoms with Crippen molar-refractivity contribution in [2.75, 3.05) is 13.2 Å². The quantitative estimate of drug-likeness (QED) is 0.473. The molecule has 0 bridgehead atoms. The number of fused-ring (bicyclic) bond motifs is 1. The Morgan fingerprint density at radius 3 is 2.71 bits per heavy atom. The van der Waals surface area contributed by atoms with E-state index in [0.717, 1.165) is 41.9 Å². The van der Waals surface area contributed by atoms with Crippen molar-refractivity contribution in [3.05, 3.63) is 77.4 Å². The molecule has 0 spiro atoms. The van der Waals surface area contributed by atoms with Crippen molar-refractivity contribution in [1.82, 2.24) is 25.4 Å². The second-order valence-corrected chi connectivity index (χ2v) is 7.95. The number of ether oxygens (including phenoxy) is 1. The molecule has 2 unspecified atom stereocenters. The van der Waals surface area contributed by atoms with E-state index in [2.05, 4.69) is 58.1 Å². The highest BCUT2D eigenvalue weighted by Crippen LogP contribution is 2.31. The van der Waals surface area contributed by atoms with Crippen molar-refractivity contribution in [2.45, 2.75) is 38.8 Å². The van der Waals surface area contributed by atoms with Crippen LogP contribution in [0.3, 0.4) is 0 Å². The molecular formula is C24H30N6O.